The normalized spacial score (nSPS) is 7.00. The molecule has 8 heavy (non-hydrogen) atoms. The van der Waals surface area contributed by atoms with Crippen molar-refractivity contribution in [1.82, 2.24) is 0 Å². The molecule has 0 atom stereocenters. The minimum absolute atomic E-state index is 0.951. The zero-order chi connectivity index (χ0) is 6.57. The summed E-state index contributed by atoms with van der Waals surface area (Å²) in [5, 5.41) is 0. The fourth-order valence-corrected chi connectivity index (χ4v) is 0.152. The Morgan fingerprint density at radius 1 is 1.62 bits per heavy atom. The van der Waals surface area contributed by atoms with Crippen molar-refractivity contribution in [3.05, 3.63) is 0 Å². The molecule has 0 fully saturated rings. The van der Waals surface area contributed by atoms with E-state index in [9.17, 15) is 9.59 Å². The van der Waals surface area contributed by atoms with E-state index < -0.39 is 11.8 Å². The van der Waals surface area contributed by atoms with Crippen molar-refractivity contribution in [3.8, 4) is 12.3 Å². The average molecular weight is 112 g/mol. The first-order valence-electron chi connectivity index (χ1n) is 1.81. The second kappa shape index (κ2) is 2.80. The second-order valence-electron chi connectivity index (χ2n) is 0.965. The van der Waals surface area contributed by atoms with Gasteiger partial charge in [-0.15, -0.1) is 6.42 Å². The number of carbonyl (C=O) groups is 2. The smallest absolute Gasteiger partial charge is 0.387 e. The lowest BCUT2D eigenvalue weighted by Crippen LogP contribution is -2.12. The van der Waals surface area contributed by atoms with Crippen molar-refractivity contribution in [2.75, 3.05) is 7.11 Å². The molecule has 0 aliphatic heterocycles. The molecule has 0 N–H and O–H groups in total. The highest BCUT2D eigenvalue weighted by Crippen LogP contribution is 1.72. The molecule has 0 bridgehead atoms. The van der Waals surface area contributed by atoms with Crippen molar-refractivity contribution in [2.45, 2.75) is 0 Å². The lowest BCUT2D eigenvalue weighted by atomic mass is 10.4. The summed E-state index contributed by atoms with van der Waals surface area (Å²) in [7, 11) is 1.09. The van der Waals surface area contributed by atoms with E-state index in [1.807, 2.05) is 0 Å². The summed E-state index contributed by atoms with van der Waals surface area (Å²) in [4.78, 5) is 20.1. The summed E-state index contributed by atoms with van der Waals surface area (Å²) in [5.74, 6) is -0.342. The van der Waals surface area contributed by atoms with Gasteiger partial charge >= 0.3 is 11.8 Å². The highest BCUT2D eigenvalue weighted by molar-refractivity contribution is 6.40. The van der Waals surface area contributed by atoms with Crippen LogP contribution in [-0.2, 0) is 14.3 Å². The van der Waals surface area contributed by atoms with Gasteiger partial charge in [-0.05, 0) is 5.92 Å². The Balaban J connectivity index is 3.89. The van der Waals surface area contributed by atoms with Crippen LogP contribution in [0.2, 0.25) is 0 Å². The number of hydrogen-bond donors (Lipinski definition) is 0. The van der Waals surface area contributed by atoms with E-state index in [1.54, 1.807) is 5.92 Å². The maximum absolute atomic E-state index is 10.0. The van der Waals surface area contributed by atoms with Gasteiger partial charge in [0.15, 0.2) is 0 Å². The molecule has 0 aliphatic rings. The number of methoxy groups -OCH3 is 1. The van der Waals surface area contributed by atoms with E-state index in [2.05, 4.69) is 11.2 Å². The molecule has 0 rings (SSSR count). The van der Waals surface area contributed by atoms with Gasteiger partial charge < -0.3 is 4.74 Å². The van der Waals surface area contributed by atoms with Crippen molar-refractivity contribution in [2.24, 2.45) is 0 Å². The molecule has 0 radical (unpaired) electrons. The largest absolute Gasteiger partial charge is 0.463 e. The molecule has 3 nitrogen and oxygen atoms in total. The van der Waals surface area contributed by atoms with E-state index in [4.69, 9.17) is 0 Å². The molecule has 0 unspecified atom stereocenters. The van der Waals surface area contributed by atoms with E-state index >= 15 is 0 Å². The van der Waals surface area contributed by atoms with Gasteiger partial charge in [0, 0.05) is 0 Å². The van der Waals surface area contributed by atoms with Gasteiger partial charge in [0.25, 0.3) is 0 Å². The number of terminal acetylenes is 1. The SMILES string of the molecule is C#CC(=O)C(=O)OC. The van der Waals surface area contributed by atoms with Crippen LogP contribution in [0.3, 0.4) is 0 Å². The van der Waals surface area contributed by atoms with E-state index in [0.717, 1.165) is 7.11 Å². The van der Waals surface area contributed by atoms with Gasteiger partial charge in [-0.2, -0.15) is 0 Å². The van der Waals surface area contributed by atoms with Crippen molar-refractivity contribution < 1.29 is 14.3 Å². The molecule has 0 spiro atoms. The molecule has 0 amide bonds. The molecule has 0 saturated heterocycles. The first kappa shape index (κ1) is 6.70. The predicted octanol–water partition coefficient (Wildman–Crippen LogP) is -0.638. The molecule has 0 heterocycles. The van der Waals surface area contributed by atoms with Crippen LogP contribution in [0.15, 0.2) is 0 Å². The first-order chi connectivity index (χ1) is 3.72. The lowest BCUT2D eigenvalue weighted by molar-refractivity contribution is -0.149. The van der Waals surface area contributed by atoms with Gasteiger partial charge in [0.1, 0.15) is 0 Å². The van der Waals surface area contributed by atoms with Gasteiger partial charge in [-0.3, -0.25) is 4.79 Å². The molecular weight excluding hydrogens is 108 g/mol. The zero-order valence-electron chi connectivity index (χ0n) is 4.30. The topological polar surface area (TPSA) is 43.4 Å². The Hall–Kier alpha value is -1.30. The van der Waals surface area contributed by atoms with Crippen LogP contribution < -0.4 is 0 Å². The molecule has 0 saturated carbocycles. The highest BCUT2D eigenvalue weighted by atomic mass is 16.5. The number of carbonyl (C=O) groups excluding carboxylic acids is 2. The average Bonchev–Trinajstić information content (AvgIpc) is 1.84. The summed E-state index contributed by atoms with van der Waals surface area (Å²) in [5.41, 5.74) is 0. The van der Waals surface area contributed by atoms with Crippen LogP contribution in [0.5, 0.6) is 0 Å². The van der Waals surface area contributed by atoms with Crippen LogP contribution in [0, 0.1) is 12.3 Å². The minimum atomic E-state index is -0.993. The zero-order valence-corrected chi connectivity index (χ0v) is 4.30. The van der Waals surface area contributed by atoms with Crippen LogP contribution in [-0.4, -0.2) is 18.9 Å². The summed E-state index contributed by atoms with van der Waals surface area (Å²) in [6.07, 6.45) is 4.55. The van der Waals surface area contributed by atoms with E-state index in [0.29, 0.717) is 0 Å². The summed E-state index contributed by atoms with van der Waals surface area (Å²) < 4.78 is 3.97. The molecule has 0 aliphatic carbocycles. The van der Waals surface area contributed by atoms with Gasteiger partial charge in [0.2, 0.25) is 0 Å². The van der Waals surface area contributed by atoms with E-state index in [-0.39, 0.29) is 0 Å². The molecule has 0 aromatic rings. The number of rotatable bonds is 1. The van der Waals surface area contributed by atoms with Crippen LogP contribution in [0.4, 0.5) is 0 Å². The number of Topliss-reactive ketones (excluding diaryl/α,β-unsaturated/α-hetero) is 1. The first-order valence-corrected chi connectivity index (χ1v) is 1.81. The monoisotopic (exact) mass is 112 g/mol. The maximum Gasteiger partial charge on any atom is 0.387 e. The van der Waals surface area contributed by atoms with Crippen molar-refractivity contribution in [1.29, 1.82) is 0 Å². The van der Waals surface area contributed by atoms with Crippen molar-refractivity contribution in [3.63, 3.8) is 0 Å². The van der Waals surface area contributed by atoms with Gasteiger partial charge in [-0.25, -0.2) is 4.79 Å². The third-order valence-electron chi connectivity index (χ3n) is 0.502. The van der Waals surface area contributed by atoms with Gasteiger partial charge in [-0.1, -0.05) is 0 Å². The fraction of sp³-hybridized carbons (Fsp3) is 0.200. The summed E-state index contributed by atoms with van der Waals surface area (Å²) in [6, 6.07) is 0. The number of hydrogen-bond acceptors (Lipinski definition) is 3. The fourth-order valence-electron chi connectivity index (χ4n) is 0.152. The molecule has 0 aromatic carbocycles. The Bertz CT molecular complexity index is 152. The Morgan fingerprint density at radius 3 is 2.25 bits per heavy atom. The number of ketones is 1. The minimum Gasteiger partial charge on any atom is -0.463 e. The Labute approximate surface area is 46.6 Å². The number of ether oxygens (including phenoxy) is 1. The molecule has 3 heteroatoms. The summed E-state index contributed by atoms with van der Waals surface area (Å²) in [6.45, 7) is 0. The maximum atomic E-state index is 10.0. The van der Waals surface area contributed by atoms with E-state index in [1.165, 1.54) is 0 Å². The summed E-state index contributed by atoms with van der Waals surface area (Å²) >= 11 is 0. The highest BCUT2D eigenvalue weighted by Gasteiger charge is 2.07. The lowest BCUT2D eigenvalue weighted by Gasteiger charge is -1.86. The third-order valence-corrected chi connectivity index (χ3v) is 0.502. The standard InChI is InChI=1S/C5H4O3/c1-3-4(6)5(7)8-2/h1H,2H3. The third kappa shape index (κ3) is 1.43. The van der Waals surface area contributed by atoms with Gasteiger partial charge in [0.05, 0.1) is 7.11 Å². The molecular formula is C5H4O3. The Kier molecular flexibility index (Phi) is 2.35. The van der Waals surface area contributed by atoms with Crippen LogP contribution in [0.25, 0.3) is 0 Å². The van der Waals surface area contributed by atoms with Crippen molar-refractivity contribution >= 4 is 11.8 Å². The van der Waals surface area contributed by atoms with Crippen LogP contribution >= 0.6 is 0 Å². The predicted molar refractivity (Wildman–Crippen MR) is 25.9 cm³/mol. The number of esters is 1. The Morgan fingerprint density at radius 2 is 2.12 bits per heavy atom. The second-order valence-corrected chi connectivity index (χ2v) is 0.965. The molecule has 42 valence electrons. The quantitative estimate of drug-likeness (QED) is 0.196. The van der Waals surface area contributed by atoms with Crippen LogP contribution in [0.1, 0.15) is 0 Å². The molecule has 0 aromatic heterocycles.